The van der Waals surface area contributed by atoms with E-state index in [0.29, 0.717) is 18.7 Å². The van der Waals surface area contributed by atoms with Crippen LogP contribution in [0.4, 0.5) is 5.13 Å². The van der Waals surface area contributed by atoms with E-state index in [9.17, 15) is 9.59 Å². The van der Waals surface area contributed by atoms with Crippen LogP contribution in [-0.2, 0) is 13.1 Å². The molecule has 2 aromatic heterocycles. The van der Waals surface area contributed by atoms with Gasteiger partial charge in [0.2, 0.25) is 0 Å². The summed E-state index contributed by atoms with van der Waals surface area (Å²) >= 11 is 1.56. The van der Waals surface area contributed by atoms with Crippen molar-refractivity contribution in [1.29, 1.82) is 0 Å². The third-order valence-electron chi connectivity index (χ3n) is 3.47. The first-order valence-electron chi connectivity index (χ1n) is 7.01. The third-order valence-corrected chi connectivity index (χ3v) is 4.63. The fraction of sp³-hybridized carbons (Fsp3) is 0.267. The first kappa shape index (κ1) is 14.5. The van der Waals surface area contributed by atoms with Crippen LogP contribution in [0.1, 0.15) is 18.1 Å². The summed E-state index contributed by atoms with van der Waals surface area (Å²) in [4.78, 5) is 30.2. The second-order valence-corrected chi connectivity index (χ2v) is 5.99. The molecule has 6 nitrogen and oxygen atoms in total. The average molecular weight is 316 g/mol. The van der Waals surface area contributed by atoms with Crippen LogP contribution in [0.3, 0.4) is 0 Å². The number of rotatable bonds is 4. The minimum Gasteiger partial charge on any atom is -0.357 e. The number of aryl methyl sites for hydroxylation is 2. The molecule has 2 heterocycles. The van der Waals surface area contributed by atoms with E-state index in [1.165, 1.54) is 10.1 Å². The molecule has 0 aliphatic heterocycles. The molecule has 22 heavy (non-hydrogen) atoms. The summed E-state index contributed by atoms with van der Waals surface area (Å²) in [6.07, 6.45) is 1.59. The smallest absolute Gasteiger partial charge is 0.328 e. The standard InChI is InChI=1S/C15H16N4O2S/c1-3-19-8-10(13(20)18-15(19)21)7-16-14-17-11-6-4-5-9(2)12(11)22-14/h4-6,8H,3,7H2,1-2H3,(H,16,17)(H,18,20,21). The lowest BCUT2D eigenvalue weighted by molar-refractivity contribution is 0.683. The van der Waals surface area contributed by atoms with Crippen molar-refractivity contribution in [3.8, 4) is 0 Å². The van der Waals surface area contributed by atoms with E-state index in [4.69, 9.17) is 0 Å². The highest BCUT2D eigenvalue weighted by Crippen LogP contribution is 2.28. The molecule has 0 atom stereocenters. The van der Waals surface area contributed by atoms with Crippen LogP contribution in [0, 0.1) is 6.92 Å². The monoisotopic (exact) mass is 316 g/mol. The first-order chi connectivity index (χ1) is 10.6. The van der Waals surface area contributed by atoms with Gasteiger partial charge in [-0.15, -0.1) is 0 Å². The maximum Gasteiger partial charge on any atom is 0.328 e. The van der Waals surface area contributed by atoms with E-state index in [0.717, 1.165) is 15.3 Å². The minimum atomic E-state index is -0.383. The number of nitrogens with zero attached hydrogens (tertiary/aromatic N) is 2. The Balaban J connectivity index is 1.86. The summed E-state index contributed by atoms with van der Waals surface area (Å²) in [6.45, 7) is 4.75. The van der Waals surface area contributed by atoms with E-state index in [2.05, 4.69) is 15.3 Å². The van der Waals surface area contributed by atoms with Crippen molar-refractivity contribution in [2.45, 2.75) is 26.9 Å². The molecule has 3 rings (SSSR count). The number of benzene rings is 1. The summed E-state index contributed by atoms with van der Waals surface area (Å²) in [5, 5.41) is 3.92. The molecule has 0 unspecified atom stereocenters. The zero-order valence-corrected chi connectivity index (χ0v) is 13.2. The van der Waals surface area contributed by atoms with Crippen LogP contribution in [0.15, 0.2) is 34.0 Å². The summed E-state index contributed by atoms with van der Waals surface area (Å²) < 4.78 is 2.61. The molecule has 0 radical (unpaired) electrons. The Morgan fingerprint density at radius 3 is 2.91 bits per heavy atom. The van der Waals surface area contributed by atoms with Crippen molar-refractivity contribution >= 4 is 26.7 Å². The number of thiazole rings is 1. The lowest BCUT2D eigenvalue weighted by atomic mass is 10.2. The molecule has 7 heteroatoms. The van der Waals surface area contributed by atoms with E-state index in [1.54, 1.807) is 17.5 Å². The number of hydrogen-bond acceptors (Lipinski definition) is 5. The Morgan fingerprint density at radius 2 is 2.18 bits per heavy atom. The average Bonchev–Trinajstić information content (AvgIpc) is 2.91. The zero-order chi connectivity index (χ0) is 15.7. The lowest BCUT2D eigenvalue weighted by Crippen LogP contribution is -2.32. The quantitative estimate of drug-likeness (QED) is 0.772. The minimum absolute atomic E-state index is 0.328. The van der Waals surface area contributed by atoms with Gasteiger partial charge in [0.15, 0.2) is 5.13 Å². The molecule has 114 valence electrons. The molecule has 2 N–H and O–H groups in total. The van der Waals surface area contributed by atoms with Gasteiger partial charge in [-0.05, 0) is 25.5 Å². The maximum atomic E-state index is 11.8. The number of hydrogen-bond donors (Lipinski definition) is 2. The molecule has 0 bridgehead atoms. The summed E-state index contributed by atoms with van der Waals surface area (Å²) in [6, 6.07) is 5.99. The van der Waals surface area contributed by atoms with Crippen molar-refractivity contribution < 1.29 is 0 Å². The Labute approximate surface area is 130 Å². The van der Waals surface area contributed by atoms with Crippen molar-refractivity contribution in [3.05, 3.63) is 56.4 Å². The normalized spacial score (nSPS) is 11.0. The van der Waals surface area contributed by atoms with Crippen LogP contribution < -0.4 is 16.6 Å². The summed E-state index contributed by atoms with van der Waals surface area (Å²) in [5.41, 5.74) is 1.89. The van der Waals surface area contributed by atoms with Gasteiger partial charge in [-0.1, -0.05) is 23.5 Å². The number of aromatic nitrogens is 3. The SMILES string of the molecule is CCn1cc(CNc2nc3cccc(C)c3s2)c(=O)[nH]c1=O. The van der Waals surface area contributed by atoms with Gasteiger partial charge in [0, 0.05) is 19.3 Å². The lowest BCUT2D eigenvalue weighted by Gasteiger charge is -2.05. The highest BCUT2D eigenvalue weighted by Gasteiger charge is 2.08. The fourth-order valence-corrected chi connectivity index (χ4v) is 3.18. The number of fused-ring (bicyclic) bond motifs is 1. The number of H-pyrrole nitrogens is 1. The van der Waals surface area contributed by atoms with Crippen molar-refractivity contribution in [1.82, 2.24) is 14.5 Å². The number of anilines is 1. The molecule has 0 saturated carbocycles. The van der Waals surface area contributed by atoms with Crippen LogP contribution >= 0.6 is 11.3 Å². The van der Waals surface area contributed by atoms with Gasteiger partial charge in [0.05, 0.1) is 15.8 Å². The molecule has 0 saturated heterocycles. The first-order valence-corrected chi connectivity index (χ1v) is 7.83. The van der Waals surface area contributed by atoms with Crippen molar-refractivity contribution in [2.24, 2.45) is 0 Å². The molecule has 3 aromatic rings. The largest absolute Gasteiger partial charge is 0.357 e. The molecule has 0 aliphatic rings. The van der Waals surface area contributed by atoms with Gasteiger partial charge in [0.1, 0.15) is 0 Å². The van der Waals surface area contributed by atoms with Crippen molar-refractivity contribution in [3.63, 3.8) is 0 Å². The second kappa shape index (κ2) is 5.76. The molecular formula is C15H16N4O2S. The predicted octanol–water partition coefficient (Wildman–Crippen LogP) is 2.09. The van der Waals surface area contributed by atoms with Gasteiger partial charge >= 0.3 is 5.69 Å². The van der Waals surface area contributed by atoms with Gasteiger partial charge in [-0.2, -0.15) is 0 Å². The number of nitrogens with one attached hydrogen (secondary N) is 2. The molecule has 0 spiro atoms. The Morgan fingerprint density at radius 1 is 1.36 bits per heavy atom. The van der Waals surface area contributed by atoms with Crippen LogP contribution in [0.2, 0.25) is 0 Å². The molecule has 0 amide bonds. The topological polar surface area (TPSA) is 79.8 Å². The molecule has 0 fully saturated rings. The Kier molecular flexibility index (Phi) is 3.81. The van der Waals surface area contributed by atoms with E-state index in [-0.39, 0.29) is 11.2 Å². The highest BCUT2D eigenvalue weighted by atomic mass is 32.1. The molecule has 1 aromatic carbocycles. The van der Waals surface area contributed by atoms with Gasteiger partial charge in [-0.25, -0.2) is 9.78 Å². The zero-order valence-electron chi connectivity index (χ0n) is 12.3. The second-order valence-electron chi connectivity index (χ2n) is 5.00. The van der Waals surface area contributed by atoms with E-state index in [1.807, 2.05) is 32.0 Å². The molecular weight excluding hydrogens is 300 g/mol. The van der Waals surface area contributed by atoms with Gasteiger partial charge in [0.25, 0.3) is 5.56 Å². The Bertz CT molecular complexity index is 939. The van der Waals surface area contributed by atoms with E-state index >= 15 is 0 Å². The van der Waals surface area contributed by atoms with Crippen molar-refractivity contribution in [2.75, 3.05) is 5.32 Å². The fourth-order valence-electron chi connectivity index (χ4n) is 2.25. The summed E-state index contributed by atoms with van der Waals surface area (Å²) in [7, 11) is 0. The van der Waals surface area contributed by atoms with Crippen LogP contribution in [0.5, 0.6) is 0 Å². The summed E-state index contributed by atoms with van der Waals surface area (Å²) in [5.74, 6) is 0. The predicted molar refractivity (Wildman–Crippen MR) is 88.7 cm³/mol. The maximum absolute atomic E-state index is 11.8. The van der Waals surface area contributed by atoms with Gasteiger partial charge in [-0.3, -0.25) is 9.78 Å². The number of aromatic amines is 1. The molecule has 0 aliphatic carbocycles. The van der Waals surface area contributed by atoms with Gasteiger partial charge < -0.3 is 9.88 Å². The third kappa shape index (κ3) is 2.67. The van der Waals surface area contributed by atoms with Crippen LogP contribution in [0.25, 0.3) is 10.2 Å². The highest BCUT2D eigenvalue weighted by molar-refractivity contribution is 7.22. The van der Waals surface area contributed by atoms with E-state index < -0.39 is 0 Å². The Hall–Kier alpha value is -2.41. The van der Waals surface area contributed by atoms with Crippen LogP contribution in [-0.4, -0.2) is 14.5 Å².